The second-order valence-electron chi connectivity index (χ2n) is 5.65. The van der Waals surface area contributed by atoms with Crippen LogP contribution in [0, 0.1) is 0 Å². The third-order valence-corrected chi connectivity index (χ3v) is 4.04. The lowest BCUT2D eigenvalue weighted by Gasteiger charge is -2.03. The molecule has 3 aromatic heterocycles. The molecule has 0 atom stereocenters. The van der Waals surface area contributed by atoms with Gasteiger partial charge in [-0.2, -0.15) is 4.98 Å². The fraction of sp³-hybridized carbons (Fsp3) is 0.235. The first kappa shape index (κ1) is 16.3. The third-order valence-electron chi connectivity index (χ3n) is 4.04. The fourth-order valence-corrected chi connectivity index (χ4v) is 2.74. The highest BCUT2D eigenvalue weighted by atomic mass is 16.5. The monoisotopic (exact) mass is 355 g/mol. The lowest BCUT2D eigenvalue weighted by atomic mass is 10.2. The standard InChI is InChI=1S/C17H17N5O4/c1-25-12-4-2-11(3-5-12)13-8-22-16(24)14-15(20-17(22)19-13)21(9-18-14)10-26-7-6-23/h2-5,8-9,23H,6-7,10H2,1H3,(H,19,20). The second kappa shape index (κ2) is 6.62. The fourth-order valence-electron chi connectivity index (χ4n) is 2.74. The van der Waals surface area contributed by atoms with Gasteiger partial charge in [-0.3, -0.25) is 9.36 Å². The van der Waals surface area contributed by atoms with E-state index in [0.29, 0.717) is 11.4 Å². The van der Waals surface area contributed by atoms with Gasteiger partial charge in [0.2, 0.25) is 5.78 Å². The molecular weight excluding hydrogens is 338 g/mol. The average Bonchev–Trinajstić information content (AvgIpc) is 3.27. The summed E-state index contributed by atoms with van der Waals surface area (Å²) in [7, 11) is 1.61. The van der Waals surface area contributed by atoms with Crippen LogP contribution in [-0.2, 0) is 11.5 Å². The van der Waals surface area contributed by atoms with Crippen molar-refractivity contribution in [1.82, 2.24) is 23.9 Å². The van der Waals surface area contributed by atoms with Gasteiger partial charge >= 0.3 is 0 Å². The summed E-state index contributed by atoms with van der Waals surface area (Å²) in [5.74, 6) is 1.17. The zero-order chi connectivity index (χ0) is 18.1. The Hall–Kier alpha value is -3.17. The number of ether oxygens (including phenoxy) is 2. The maximum absolute atomic E-state index is 12.7. The predicted molar refractivity (Wildman–Crippen MR) is 94.1 cm³/mol. The largest absolute Gasteiger partial charge is 0.497 e. The normalized spacial score (nSPS) is 11.5. The molecule has 0 fully saturated rings. The van der Waals surface area contributed by atoms with E-state index in [1.807, 2.05) is 24.3 Å². The molecule has 0 radical (unpaired) electrons. The molecule has 0 saturated carbocycles. The Kier molecular flexibility index (Phi) is 4.15. The van der Waals surface area contributed by atoms with E-state index in [1.165, 1.54) is 10.7 Å². The Morgan fingerprint density at radius 3 is 2.81 bits per heavy atom. The van der Waals surface area contributed by atoms with Crippen LogP contribution in [0.25, 0.3) is 28.2 Å². The van der Waals surface area contributed by atoms with E-state index in [9.17, 15) is 4.79 Å². The maximum Gasteiger partial charge on any atom is 0.287 e. The summed E-state index contributed by atoms with van der Waals surface area (Å²) in [5.41, 5.74) is 2.09. The Labute approximate surface area is 147 Å². The van der Waals surface area contributed by atoms with E-state index in [2.05, 4.69) is 15.0 Å². The summed E-state index contributed by atoms with van der Waals surface area (Å²) >= 11 is 0. The molecule has 0 aliphatic heterocycles. The van der Waals surface area contributed by atoms with E-state index in [0.717, 1.165) is 17.0 Å². The summed E-state index contributed by atoms with van der Waals surface area (Å²) < 4.78 is 13.5. The van der Waals surface area contributed by atoms with Crippen LogP contribution >= 0.6 is 0 Å². The van der Waals surface area contributed by atoms with Crippen molar-refractivity contribution < 1.29 is 14.6 Å². The zero-order valence-corrected chi connectivity index (χ0v) is 14.0. The third kappa shape index (κ3) is 2.72. The van der Waals surface area contributed by atoms with Crippen LogP contribution in [0.15, 0.2) is 41.6 Å². The van der Waals surface area contributed by atoms with Crippen LogP contribution in [-0.4, -0.2) is 49.3 Å². The van der Waals surface area contributed by atoms with Gasteiger partial charge < -0.3 is 19.6 Å². The number of hydrogen-bond acceptors (Lipinski definition) is 6. The molecular formula is C17H17N5O4. The number of H-pyrrole nitrogens is 1. The lowest BCUT2D eigenvalue weighted by Crippen LogP contribution is -2.14. The number of nitrogens with zero attached hydrogens (tertiary/aromatic N) is 4. The van der Waals surface area contributed by atoms with Crippen molar-refractivity contribution in [2.24, 2.45) is 0 Å². The molecule has 0 amide bonds. The topological polar surface area (TPSA) is 107 Å². The molecule has 4 aromatic rings. The highest BCUT2D eigenvalue weighted by molar-refractivity contribution is 5.73. The molecule has 0 bridgehead atoms. The number of fused-ring (bicyclic) bond motifs is 2. The van der Waals surface area contributed by atoms with Crippen molar-refractivity contribution in [2.75, 3.05) is 20.3 Å². The van der Waals surface area contributed by atoms with Crippen LogP contribution in [0.4, 0.5) is 0 Å². The number of nitrogens with one attached hydrogen (secondary N) is 1. The van der Waals surface area contributed by atoms with Crippen LogP contribution in [0.2, 0.25) is 0 Å². The Bertz CT molecular complexity index is 1110. The first-order chi connectivity index (χ1) is 12.7. The summed E-state index contributed by atoms with van der Waals surface area (Å²) in [5, 5.41) is 8.81. The van der Waals surface area contributed by atoms with E-state index in [1.54, 1.807) is 17.9 Å². The van der Waals surface area contributed by atoms with Gasteiger partial charge in [0.15, 0.2) is 11.2 Å². The Morgan fingerprint density at radius 1 is 1.27 bits per heavy atom. The second-order valence-corrected chi connectivity index (χ2v) is 5.65. The van der Waals surface area contributed by atoms with Crippen molar-refractivity contribution in [3.63, 3.8) is 0 Å². The van der Waals surface area contributed by atoms with Crippen LogP contribution in [0.1, 0.15) is 0 Å². The number of aliphatic hydroxyl groups is 1. The molecule has 0 spiro atoms. The first-order valence-corrected chi connectivity index (χ1v) is 8.00. The quantitative estimate of drug-likeness (QED) is 0.500. The molecule has 4 rings (SSSR count). The maximum atomic E-state index is 12.7. The average molecular weight is 355 g/mol. The van der Waals surface area contributed by atoms with Crippen molar-refractivity contribution in [3.8, 4) is 17.0 Å². The molecule has 1 aromatic carbocycles. The molecule has 0 aliphatic rings. The van der Waals surface area contributed by atoms with E-state index < -0.39 is 0 Å². The highest BCUT2D eigenvalue weighted by Gasteiger charge is 2.14. The molecule has 9 heteroatoms. The number of aromatic amines is 1. The highest BCUT2D eigenvalue weighted by Crippen LogP contribution is 2.21. The van der Waals surface area contributed by atoms with Crippen molar-refractivity contribution in [3.05, 3.63) is 47.1 Å². The number of benzene rings is 1. The van der Waals surface area contributed by atoms with E-state index in [-0.39, 0.29) is 31.0 Å². The van der Waals surface area contributed by atoms with Gasteiger partial charge in [0.1, 0.15) is 12.5 Å². The van der Waals surface area contributed by atoms with Gasteiger partial charge in [-0.1, -0.05) is 0 Å². The van der Waals surface area contributed by atoms with Crippen molar-refractivity contribution in [2.45, 2.75) is 6.73 Å². The van der Waals surface area contributed by atoms with Crippen LogP contribution in [0.3, 0.4) is 0 Å². The van der Waals surface area contributed by atoms with Crippen molar-refractivity contribution >= 4 is 16.9 Å². The number of rotatable bonds is 6. The Balaban J connectivity index is 1.78. The van der Waals surface area contributed by atoms with Gasteiger partial charge in [0.05, 0.1) is 32.3 Å². The minimum atomic E-state index is -0.262. The van der Waals surface area contributed by atoms with Crippen LogP contribution < -0.4 is 10.3 Å². The Morgan fingerprint density at radius 2 is 2.08 bits per heavy atom. The lowest BCUT2D eigenvalue weighted by molar-refractivity contribution is 0.0499. The van der Waals surface area contributed by atoms with Crippen molar-refractivity contribution in [1.29, 1.82) is 0 Å². The van der Waals surface area contributed by atoms with Gasteiger partial charge in [-0.05, 0) is 29.8 Å². The minimum absolute atomic E-state index is 0.0746. The van der Waals surface area contributed by atoms with Gasteiger partial charge in [-0.25, -0.2) is 9.38 Å². The summed E-state index contributed by atoms with van der Waals surface area (Å²) in [6.45, 7) is 0.283. The molecule has 26 heavy (non-hydrogen) atoms. The summed E-state index contributed by atoms with van der Waals surface area (Å²) in [4.78, 5) is 24.5. The zero-order valence-electron chi connectivity index (χ0n) is 14.0. The molecule has 2 N–H and O–H groups in total. The number of imidazole rings is 2. The minimum Gasteiger partial charge on any atom is -0.497 e. The number of hydrogen-bond donors (Lipinski definition) is 2. The van der Waals surface area contributed by atoms with E-state index in [4.69, 9.17) is 14.6 Å². The van der Waals surface area contributed by atoms with Gasteiger partial charge in [-0.15, -0.1) is 0 Å². The molecule has 0 saturated heterocycles. The number of methoxy groups -OCH3 is 1. The number of aliphatic hydroxyl groups excluding tert-OH is 1. The van der Waals surface area contributed by atoms with Gasteiger partial charge in [0, 0.05) is 6.20 Å². The molecule has 9 nitrogen and oxygen atoms in total. The predicted octanol–water partition coefficient (Wildman–Crippen LogP) is 1.01. The molecule has 0 unspecified atom stereocenters. The van der Waals surface area contributed by atoms with E-state index >= 15 is 0 Å². The van der Waals surface area contributed by atoms with Crippen LogP contribution in [0.5, 0.6) is 5.75 Å². The smallest absolute Gasteiger partial charge is 0.287 e. The summed E-state index contributed by atoms with van der Waals surface area (Å²) in [6.07, 6.45) is 3.20. The molecule has 3 heterocycles. The first-order valence-electron chi connectivity index (χ1n) is 8.00. The molecule has 134 valence electrons. The molecule has 0 aliphatic carbocycles. The number of aromatic nitrogens is 5. The SMILES string of the molecule is COc1ccc(-c2cn3c(=O)c4ncn(COCCO)c4nc3[nH]2)cc1. The summed E-state index contributed by atoms with van der Waals surface area (Å²) in [6, 6.07) is 7.49. The van der Waals surface area contributed by atoms with Gasteiger partial charge in [0.25, 0.3) is 5.56 Å².